The quantitative estimate of drug-likeness (QED) is 0.481. The predicted octanol–water partition coefficient (Wildman–Crippen LogP) is 3.10. The van der Waals surface area contributed by atoms with Gasteiger partial charge in [-0.25, -0.2) is 4.98 Å². The van der Waals surface area contributed by atoms with Gasteiger partial charge in [0.05, 0.1) is 11.1 Å². The van der Waals surface area contributed by atoms with Crippen LogP contribution in [0.5, 0.6) is 0 Å². The number of benzene rings is 1. The van der Waals surface area contributed by atoms with Gasteiger partial charge in [0, 0.05) is 24.1 Å². The maximum absolute atomic E-state index is 10.9. The van der Waals surface area contributed by atoms with Crippen molar-refractivity contribution in [2.45, 2.75) is 26.7 Å². The van der Waals surface area contributed by atoms with Crippen molar-refractivity contribution in [3.63, 3.8) is 0 Å². The fourth-order valence-electron chi connectivity index (χ4n) is 2.11. The Labute approximate surface area is 123 Å². The summed E-state index contributed by atoms with van der Waals surface area (Å²) in [6, 6.07) is 4.91. The van der Waals surface area contributed by atoms with Crippen molar-refractivity contribution >= 4 is 5.69 Å². The highest BCUT2D eigenvalue weighted by Crippen LogP contribution is 2.26. The van der Waals surface area contributed by atoms with Gasteiger partial charge in [0.15, 0.2) is 11.7 Å². The van der Waals surface area contributed by atoms with Crippen LogP contribution in [0.3, 0.4) is 0 Å². The smallest absolute Gasteiger partial charge is 0.270 e. The Kier molecular flexibility index (Phi) is 5.05. The van der Waals surface area contributed by atoms with Crippen LogP contribution in [-0.2, 0) is 6.42 Å². The van der Waals surface area contributed by atoms with E-state index in [0.717, 1.165) is 31.5 Å². The number of nitrogens with one attached hydrogen (secondary N) is 1. The van der Waals surface area contributed by atoms with Crippen LogP contribution in [0.25, 0.3) is 11.3 Å². The van der Waals surface area contributed by atoms with Crippen LogP contribution in [0.15, 0.2) is 28.8 Å². The summed E-state index contributed by atoms with van der Waals surface area (Å²) in [6.07, 6.45) is 3.32. The Morgan fingerprint density at radius 2 is 2.19 bits per heavy atom. The Morgan fingerprint density at radius 3 is 2.90 bits per heavy atom. The van der Waals surface area contributed by atoms with Crippen LogP contribution < -0.4 is 5.32 Å². The topological polar surface area (TPSA) is 81.2 Å². The predicted molar refractivity (Wildman–Crippen MR) is 80.2 cm³/mol. The summed E-state index contributed by atoms with van der Waals surface area (Å²) in [5.41, 5.74) is 1.58. The van der Waals surface area contributed by atoms with Crippen molar-refractivity contribution in [2.75, 3.05) is 13.1 Å². The number of hydrogen-bond donors (Lipinski definition) is 1. The van der Waals surface area contributed by atoms with Gasteiger partial charge >= 0.3 is 0 Å². The van der Waals surface area contributed by atoms with E-state index in [1.54, 1.807) is 6.20 Å². The van der Waals surface area contributed by atoms with E-state index in [1.165, 1.54) is 12.1 Å². The molecule has 0 radical (unpaired) electrons. The molecule has 6 nitrogen and oxygen atoms in total. The zero-order valence-electron chi connectivity index (χ0n) is 12.3. The molecule has 0 aliphatic carbocycles. The Balaban J connectivity index is 2.12. The second kappa shape index (κ2) is 6.99. The number of aromatic nitrogens is 1. The van der Waals surface area contributed by atoms with Gasteiger partial charge in [-0.15, -0.1) is 0 Å². The summed E-state index contributed by atoms with van der Waals surface area (Å²) >= 11 is 0. The number of rotatable bonds is 7. The molecule has 0 amide bonds. The van der Waals surface area contributed by atoms with Crippen molar-refractivity contribution < 1.29 is 9.34 Å². The molecular formula is C15H19N3O3. The monoisotopic (exact) mass is 289 g/mol. The molecule has 0 atom stereocenters. The highest BCUT2D eigenvalue weighted by molar-refractivity contribution is 5.61. The average Bonchev–Trinajstić information content (AvgIpc) is 2.92. The molecule has 1 N–H and O–H groups in total. The van der Waals surface area contributed by atoms with Crippen molar-refractivity contribution in [2.24, 2.45) is 0 Å². The van der Waals surface area contributed by atoms with E-state index in [4.69, 9.17) is 4.42 Å². The van der Waals surface area contributed by atoms with Gasteiger partial charge < -0.3 is 9.73 Å². The lowest BCUT2D eigenvalue weighted by Gasteiger charge is -2.00. The molecule has 2 aromatic rings. The molecule has 1 aromatic carbocycles. The van der Waals surface area contributed by atoms with Gasteiger partial charge in [0.25, 0.3) is 5.69 Å². The molecule has 0 saturated carbocycles. The number of non-ortho nitro benzene ring substituents is 1. The normalized spacial score (nSPS) is 10.8. The van der Waals surface area contributed by atoms with Crippen molar-refractivity contribution in [1.82, 2.24) is 10.3 Å². The van der Waals surface area contributed by atoms with Crippen molar-refractivity contribution in [3.8, 4) is 11.3 Å². The van der Waals surface area contributed by atoms with Crippen LogP contribution in [0.2, 0.25) is 0 Å². The number of nitro groups is 1. The number of oxazole rings is 1. The van der Waals surface area contributed by atoms with E-state index >= 15 is 0 Å². The summed E-state index contributed by atoms with van der Waals surface area (Å²) < 4.78 is 5.68. The summed E-state index contributed by atoms with van der Waals surface area (Å²) in [5, 5.41) is 14.1. The van der Waals surface area contributed by atoms with Gasteiger partial charge in [-0.3, -0.25) is 10.1 Å². The largest absolute Gasteiger partial charge is 0.441 e. The van der Waals surface area contributed by atoms with E-state index < -0.39 is 4.92 Å². The SMILES string of the molecule is CCNCCCc1ncc(-c2cc(C)cc([N+](=O)[O-])c2)o1. The van der Waals surface area contributed by atoms with E-state index in [1.807, 2.05) is 13.0 Å². The standard InChI is InChI=1S/C15H19N3O3/c1-3-16-6-4-5-15-17-10-14(21-15)12-7-11(2)8-13(9-12)18(19)20/h7-10,16H,3-6H2,1-2H3. The fourth-order valence-corrected chi connectivity index (χ4v) is 2.11. The zero-order valence-corrected chi connectivity index (χ0v) is 12.3. The molecule has 1 aromatic heterocycles. The van der Waals surface area contributed by atoms with Crippen LogP contribution in [0, 0.1) is 17.0 Å². The molecule has 0 bridgehead atoms. The highest BCUT2D eigenvalue weighted by Gasteiger charge is 2.12. The Bertz CT molecular complexity index is 622. The molecule has 6 heteroatoms. The molecule has 0 spiro atoms. The summed E-state index contributed by atoms with van der Waals surface area (Å²) in [6.45, 7) is 5.76. The summed E-state index contributed by atoms with van der Waals surface area (Å²) in [4.78, 5) is 14.7. The van der Waals surface area contributed by atoms with Gasteiger partial charge in [0.1, 0.15) is 0 Å². The van der Waals surface area contributed by atoms with E-state index in [0.29, 0.717) is 17.2 Å². The first-order valence-corrected chi connectivity index (χ1v) is 7.02. The summed E-state index contributed by atoms with van der Waals surface area (Å²) in [5.74, 6) is 1.23. The van der Waals surface area contributed by atoms with E-state index in [9.17, 15) is 10.1 Å². The van der Waals surface area contributed by atoms with Gasteiger partial charge in [-0.2, -0.15) is 0 Å². The van der Waals surface area contributed by atoms with E-state index in [2.05, 4.69) is 17.2 Å². The maximum atomic E-state index is 10.9. The minimum absolute atomic E-state index is 0.0649. The average molecular weight is 289 g/mol. The fraction of sp³-hybridized carbons (Fsp3) is 0.400. The van der Waals surface area contributed by atoms with Gasteiger partial charge in [-0.05, 0) is 38.1 Å². The minimum Gasteiger partial charge on any atom is -0.441 e. The molecule has 0 unspecified atom stereocenters. The third-order valence-electron chi connectivity index (χ3n) is 3.11. The molecule has 112 valence electrons. The zero-order chi connectivity index (χ0) is 15.2. The second-order valence-corrected chi connectivity index (χ2v) is 4.89. The Hall–Kier alpha value is -2.21. The molecule has 1 heterocycles. The maximum Gasteiger partial charge on any atom is 0.270 e. The van der Waals surface area contributed by atoms with Crippen LogP contribution in [0.4, 0.5) is 5.69 Å². The minimum atomic E-state index is -0.399. The number of hydrogen-bond acceptors (Lipinski definition) is 5. The van der Waals surface area contributed by atoms with Crippen LogP contribution in [0.1, 0.15) is 24.8 Å². The number of nitro benzene ring substituents is 1. The number of aryl methyl sites for hydroxylation is 2. The molecule has 0 fully saturated rings. The molecule has 2 rings (SSSR count). The second-order valence-electron chi connectivity index (χ2n) is 4.89. The summed E-state index contributed by atoms with van der Waals surface area (Å²) in [7, 11) is 0. The lowest BCUT2D eigenvalue weighted by molar-refractivity contribution is -0.384. The molecule has 0 saturated heterocycles. The van der Waals surface area contributed by atoms with Crippen molar-refractivity contribution in [3.05, 3.63) is 46.0 Å². The number of nitrogens with zero attached hydrogens (tertiary/aromatic N) is 2. The van der Waals surface area contributed by atoms with E-state index in [-0.39, 0.29) is 5.69 Å². The molecule has 21 heavy (non-hydrogen) atoms. The molecule has 0 aliphatic heterocycles. The lowest BCUT2D eigenvalue weighted by Crippen LogP contribution is -2.14. The first-order chi connectivity index (χ1) is 10.1. The van der Waals surface area contributed by atoms with Crippen LogP contribution in [-0.4, -0.2) is 23.0 Å². The molecule has 0 aliphatic rings. The third-order valence-corrected chi connectivity index (χ3v) is 3.11. The van der Waals surface area contributed by atoms with Gasteiger partial charge in [-0.1, -0.05) is 6.92 Å². The molecular weight excluding hydrogens is 270 g/mol. The van der Waals surface area contributed by atoms with Crippen molar-refractivity contribution in [1.29, 1.82) is 0 Å². The third kappa shape index (κ3) is 4.13. The van der Waals surface area contributed by atoms with Gasteiger partial charge in [0.2, 0.25) is 0 Å². The van der Waals surface area contributed by atoms with Crippen LogP contribution >= 0.6 is 0 Å². The first kappa shape index (κ1) is 15.2. The Morgan fingerprint density at radius 1 is 1.38 bits per heavy atom. The first-order valence-electron chi connectivity index (χ1n) is 7.02. The highest BCUT2D eigenvalue weighted by atomic mass is 16.6. The lowest BCUT2D eigenvalue weighted by atomic mass is 10.1.